The van der Waals surface area contributed by atoms with Crippen molar-refractivity contribution in [3.05, 3.63) is 30.6 Å². The van der Waals surface area contributed by atoms with Crippen LogP contribution in [-0.4, -0.2) is 40.0 Å². The first-order valence-electron chi connectivity index (χ1n) is 7.16. The summed E-state index contributed by atoms with van der Waals surface area (Å²) in [5, 5.41) is 4.15. The van der Waals surface area contributed by atoms with Gasteiger partial charge in [-0.2, -0.15) is 5.10 Å². The Labute approximate surface area is 138 Å². The molecule has 3 rings (SSSR count). The lowest BCUT2D eigenvalue weighted by Crippen LogP contribution is -2.47. The second-order valence-corrected chi connectivity index (χ2v) is 5.71. The molecule has 120 valence electrons. The smallest absolute Gasteiger partial charge is 0.242 e. The zero-order valence-corrected chi connectivity index (χ0v) is 13.6. The lowest BCUT2D eigenvalue weighted by molar-refractivity contribution is -0.124. The van der Waals surface area contributed by atoms with Crippen molar-refractivity contribution in [1.82, 2.24) is 9.78 Å². The van der Waals surface area contributed by atoms with Crippen LogP contribution in [0.1, 0.15) is 6.92 Å². The van der Waals surface area contributed by atoms with Crippen LogP contribution in [0.4, 0.5) is 5.69 Å². The number of halogens is 1. The average Bonchev–Trinajstić information content (AvgIpc) is 2.99. The summed E-state index contributed by atoms with van der Waals surface area (Å²) in [5.74, 6) is -0.0333. The van der Waals surface area contributed by atoms with Crippen molar-refractivity contribution in [2.45, 2.75) is 13.0 Å². The van der Waals surface area contributed by atoms with Gasteiger partial charge in [-0.3, -0.25) is 14.3 Å². The lowest BCUT2D eigenvalue weighted by Gasteiger charge is -2.33. The number of benzene rings is 1. The zero-order valence-electron chi connectivity index (χ0n) is 12.8. The summed E-state index contributed by atoms with van der Waals surface area (Å²) in [7, 11) is 1.84. The standard InChI is InChI=1S/C16H16ClN3O3/c1-10(21)15-9-20(16(22)6-17)13-5-11(3-4-14(13)23-15)12-7-18-19(2)8-12/h3-5,7-8,15H,6,9H2,1-2H3. The molecule has 1 atom stereocenters. The topological polar surface area (TPSA) is 64.4 Å². The number of amides is 1. The van der Waals surface area contributed by atoms with Crippen LogP contribution in [0.25, 0.3) is 11.1 Å². The highest BCUT2D eigenvalue weighted by Gasteiger charge is 2.32. The molecule has 1 aliphatic heterocycles. The second-order valence-electron chi connectivity index (χ2n) is 5.44. The van der Waals surface area contributed by atoms with Gasteiger partial charge in [-0.05, 0) is 24.6 Å². The minimum absolute atomic E-state index is 0.126. The molecule has 1 aromatic carbocycles. The molecule has 0 spiro atoms. The number of aromatic nitrogens is 2. The van der Waals surface area contributed by atoms with E-state index in [4.69, 9.17) is 16.3 Å². The molecule has 0 aliphatic carbocycles. The van der Waals surface area contributed by atoms with E-state index in [9.17, 15) is 9.59 Å². The largest absolute Gasteiger partial charge is 0.479 e. The molecule has 0 bridgehead atoms. The Morgan fingerprint density at radius 2 is 2.17 bits per heavy atom. The molecule has 1 aromatic heterocycles. The number of nitrogens with zero attached hydrogens (tertiary/aromatic N) is 3. The Balaban J connectivity index is 2.04. The molecule has 2 aromatic rings. The number of ketones is 1. The molecule has 0 radical (unpaired) electrons. The van der Waals surface area contributed by atoms with Gasteiger partial charge in [0.05, 0.1) is 18.4 Å². The van der Waals surface area contributed by atoms with Crippen molar-refractivity contribution < 1.29 is 14.3 Å². The Bertz CT molecular complexity index is 772. The minimum Gasteiger partial charge on any atom is -0.479 e. The van der Waals surface area contributed by atoms with Crippen LogP contribution in [0, 0.1) is 0 Å². The van der Waals surface area contributed by atoms with Gasteiger partial charge in [-0.1, -0.05) is 6.07 Å². The Morgan fingerprint density at radius 3 is 2.78 bits per heavy atom. The highest BCUT2D eigenvalue weighted by Crippen LogP contribution is 2.37. The third kappa shape index (κ3) is 2.94. The van der Waals surface area contributed by atoms with Gasteiger partial charge in [-0.15, -0.1) is 11.6 Å². The van der Waals surface area contributed by atoms with E-state index in [1.165, 1.54) is 11.8 Å². The van der Waals surface area contributed by atoms with Crippen molar-refractivity contribution in [2.75, 3.05) is 17.3 Å². The fourth-order valence-corrected chi connectivity index (χ4v) is 2.70. The Morgan fingerprint density at radius 1 is 1.39 bits per heavy atom. The molecule has 7 heteroatoms. The summed E-state index contributed by atoms with van der Waals surface area (Å²) in [4.78, 5) is 25.3. The van der Waals surface area contributed by atoms with Gasteiger partial charge in [0, 0.05) is 18.8 Å². The van der Waals surface area contributed by atoms with Crippen LogP contribution in [-0.2, 0) is 16.6 Å². The van der Waals surface area contributed by atoms with Crippen LogP contribution >= 0.6 is 11.6 Å². The molecular formula is C16H16ClN3O3. The molecular weight excluding hydrogens is 318 g/mol. The van der Waals surface area contributed by atoms with Crippen LogP contribution in [0.3, 0.4) is 0 Å². The number of alkyl halides is 1. The van der Waals surface area contributed by atoms with Crippen LogP contribution in [0.5, 0.6) is 5.75 Å². The number of hydrogen-bond acceptors (Lipinski definition) is 4. The number of ether oxygens (including phenoxy) is 1. The molecule has 1 amide bonds. The van der Waals surface area contributed by atoms with E-state index in [0.29, 0.717) is 11.4 Å². The summed E-state index contributed by atoms with van der Waals surface area (Å²) in [6, 6.07) is 5.50. The van der Waals surface area contributed by atoms with E-state index in [2.05, 4.69) is 5.10 Å². The van der Waals surface area contributed by atoms with Gasteiger partial charge in [0.2, 0.25) is 5.91 Å². The van der Waals surface area contributed by atoms with E-state index in [0.717, 1.165) is 11.1 Å². The summed E-state index contributed by atoms with van der Waals surface area (Å²) >= 11 is 5.71. The average molecular weight is 334 g/mol. The monoisotopic (exact) mass is 333 g/mol. The van der Waals surface area contributed by atoms with E-state index >= 15 is 0 Å². The summed E-state index contributed by atoms with van der Waals surface area (Å²) < 4.78 is 7.41. The normalized spacial score (nSPS) is 16.7. The molecule has 0 fully saturated rings. The second kappa shape index (κ2) is 6.04. The quantitative estimate of drug-likeness (QED) is 0.806. The highest BCUT2D eigenvalue weighted by atomic mass is 35.5. The first kappa shape index (κ1) is 15.6. The first-order chi connectivity index (χ1) is 11.0. The van der Waals surface area contributed by atoms with E-state index < -0.39 is 6.10 Å². The molecule has 1 aliphatic rings. The number of aryl methyl sites for hydroxylation is 1. The van der Waals surface area contributed by atoms with Crippen molar-refractivity contribution in [3.8, 4) is 16.9 Å². The minimum atomic E-state index is -0.668. The number of hydrogen-bond donors (Lipinski definition) is 0. The lowest BCUT2D eigenvalue weighted by atomic mass is 10.1. The third-order valence-electron chi connectivity index (χ3n) is 3.77. The molecule has 23 heavy (non-hydrogen) atoms. The molecule has 0 saturated carbocycles. The van der Waals surface area contributed by atoms with Gasteiger partial charge >= 0.3 is 0 Å². The molecule has 6 nitrogen and oxygen atoms in total. The van der Waals surface area contributed by atoms with E-state index in [1.807, 2.05) is 25.4 Å². The van der Waals surface area contributed by atoms with Crippen molar-refractivity contribution in [2.24, 2.45) is 7.05 Å². The predicted molar refractivity (Wildman–Crippen MR) is 86.8 cm³/mol. The van der Waals surface area contributed by atoms with E-state index in [1.54, 1.807) is 16.9 Å². The van der Waals surface area contributed by atoms with Crippen molar-refractivity contribution in [1.29, 1.82) is 0 Å². The molecule has 2 heterocycles. The number of carbonyl (C=O) groups excluding carboxylic acids is 2. The van der Waals surface area contributed by atoms with Crippen LogP contribution in [0.15, 0.2) is 30.6 Å². The van der Waals surface area contributed by atoms with Gasteiger partial charge in [-0.25, -0.2) is 0 Å². The number of anilines is 1. The van der Waals surface area contributed by atoms with Gasteiger partial charge in [0.15, 0.2) is 11.9 Å². The Kier molecular flexibility index (Phi) is 4.09. The zero-order chi connectivity index (χ0) is 16.6. The number of rotatable bonds is 3. The maximum absolute atomic E-state index is 12.2. The fraction of sp³-hybridized carbons (Fsp3) is 0.312. The van der Waals surface area contributed by atoms with Gasteiger partial charge in [0.25, 0.3) is 0 Å². The maximum atomic E-state index is 12.2. The van der Waals surface area contributed by atoms with Crippen LogP contribution in [0.2, 0.25) is 0 Å². The molecule has 1 unspecified atom stereocenters. The summed E-state index contributed by atoms with van der Waals surface area (Å²) in [6.45, 7) is 1.62. The van der Waals surface area contributed by atoms with Crippen LogP contribution < -0.4 is 9.64 Å². The SMILES string of the molecule is CC(=O)C1CN(C(=O)CCl)c2cc(-c3cnn(C)c3)ccc2O1. The fourth-order valence-electron chi connectivity index (χ4n) is 2.55. The molecule has 0 saturated heterocycles. The predicted octanol–water partition coefficient (Wildman–Crippen LogP) is 2.01. The van der Waals surface area contributed by atoms with E-state index in [-0.39, 0.29) is 24.1 Å². The summed E-state index contributed by atoms with van der Waals surface area (Å²) in [5.41, 5.74) is 2.46. The number of Topliss-reactive ketones (excluding diaryl/α,β-unsaturated/α-hetero) is 1. The molecule has 0 N–H and O–H groups in total. The summed E-state index contributed by atoms with van der Waals surface area (Å²) in [6.07, 6.45) is 2.97. The van der Waals surface area contributed by atoms with Crippen molar-refractivity contribution in [3.63, 3.8) is 0 Å². The third-order valence-corrected chi connectivity index (χ3v) is 4.00. The maximum Gasteiger partial charge on any atom is 0.242 e. The highest BCUT2D eigenvalue weighted by molar-refractivity contribution is 6.29. The van der Waals surface area contributed by atoms with Gasteiger partial charge in [0.1, 0.15) is 11.6 Å². The number of fused-ring (bicyclic) bond motifs is 1. The number of carbonyl (C=O) groups is 2. The van der Waals surface area contributed by atoms with Crippen molar-refractivity contribution >= 4 is 29.0 Å². The Hall–Kier alpha value is -2.34. The first-order valence-corrected chi connectivity index (χ1v) is 7.69. The van der Waals surface area contributed by atoms with Gasteiger partial charge < -0.3 is 9.64 Å².